The van der Waals surface area contributed by atoms with Crippen LogP contribution in [0.2, 0.25) is 0 Å². The normalized spacial score (nSPS) is 13.6. The molecule has 13 heteroatoms. The van der Waals surface area contributed by atoms with E-state index in [1.165, 1.54) is 24.3 Å². The minimum absolute atomic E-state index is 0.0303. The maximum atomic E-state index is 12.7. The van der Waals surface area contributed by atoms with Gasteiger partial charge in [-0.15, -0.1) is 0 Å². The minimum Gasteiger partial charge on any atom is -0.480 e. The van der Waals surface area contributed by atoms with E-state index in [0.29, 0.717) is 6.08 Å². The summed E-state index contributed by atoms with van der Waals surface area (Å²) in [6, 6.07) is 5.46. The van der Waals surface area contributed by atoms with Crippen molar-refractivity contribution in [1.29, 1.82) is 0 Å². The second-order valence-corrected chi connectivity index (χ2v) is 7.43. The molecule has 0 aliphatic carbocycles. The predicted octanol–water partition coefficient (Wildman–Crippen LogP) is 1.42. The highest BCUT2D eigenvalue weighted by molar-refractivity contribution is 7.90. The van der Waals surface area contributed by atoms with Crippen molar-refractivity contribution in [3.8, 4) is 11.4 Å². The van der Waals surface area contributed by atoms with E-state index in [1.807, 2.05) is 0 Å². The van der Waals surface area contributed by atoms with Gasteiger partial charge in [-0.1, -0.05) is 17.3 Å². The highest BCUT2D eigenvalue weighted by atomic mass is 32.2. The van der Waals surface area contributed by atoms with Crippen LogP contribution in [0, 0.1) is 0 Å². The molecular weight excluding hydrogens is 405 g/mol. The Hall–Kier alpha value is -3.22. The number of sulfone groups is 1. The molecule has 0 aliphatic heterocycles. The Labute approximate surface area is 156 Å². The van der Waals surface area contributed by atoms with Crippen LogP contribution in [0.25, 0.3) is 11.4 Å². The van der Waals surface area contributed by atoms with Gasteiger partial charge < -0.3 is 15.4 Å². The van der Waals surface area contributed by atoms with Crippen molar-refractivity contribution >= 4 is 21.5 Å². The van der Waals surface area contributed by atoms with E-state index in [9.17, 15) is 26.4 Å². The number of alkyl halides is 3. The van der Waals surface area contributed by atoms with Crippen LogP contribution in [0.3, 0.4) is 0 Å². The van der Waals surface area contributed by atoms with Crippen molar-refractivity contribution in [2.75, 3.05) is 12.8 Å². The van der Waals surface area contributed by atoms with Gasteiger partial charge in [0.25, 0.3) is 5.89 Å². The first kappa shape index (κ1) is 21.1. The van der Waals surface area contributed by atoms with Gasteiger partial charge in [-0.05, 0) is 18.2 Å². The number of aliphatic carboxylic acids is 1. The fourth-order valence-electron chi connectivity index (χ4n) is 1.87. The fraction of sp³-hybridized carbons (Fsp3) is 0.200. The van der Waals surface area contributed by atoms with E-state index in [2.05, 4.69) is 15.1 Å². The number of allylic oxidation sites excluding steroid dienone is 2. The molecule has 0 saturated carbocycles. The van der Waals surface area contributed by atoms with Crippen LogP contribution in [0.4, 0.5) is 13.2 Å². The quantitative estimate of drug-likeness (QED) is 0.669. The lowest BCUT2D eigenvalue weighted by Crippen LogP contribution is -2.21. The van der Waals surface area contributed by atoms with Crippen molar-refractivity contribution in [1.82, 2.24) is 10.1 Å². The summed E-state index contributed by atoms with van der Waals surface area (Å²) in [6.07, 6.45) is -3.51. The SMILES string of the molecule is CS(=O)(=O)c1cccc(-c2noc(C(/C=C(\N)C(F)(F)F)=NCC(=O)O)n2)c1. The van der Waals surface area contributed by atoms with Gasteiger partial charge >= 0.3 is 12.1 Å². The molecule has 2 aromatic rings. The Morgan fingerprint density at radius 1 is 1.39 bits per heavy atom. The molecule has 0 bridgehead atoms. The topological polar surface area (TPSA) is 149 Å². The van der Waals surface area contributed by atoms with Gasteiger partial charge in [0.1, 0.15) is 18.0 Å². The average Bonchev–Trinajstić information content (AvgIpc) is 3.06. The lowest BCUT2D eigenvalue weighted by atomic mass is 10.2. The minimum atomic E-state index is -4.88. The van der Waals surface area contributed by atoms with Crippen molar-refractivity contribution in [3.63, 3.8) is 0 Å². The lowest BCUT2D eigenvalue weighted by molar-refractivity contribution is -0.135. The highest BCUT2D eigenvalue weighted by Crippen LogP contribution is 2.23. The van der Waals surface area contributed by atoms with Crippen LogP contribution in [-0.2, 0) is 14.6 Å². The van der Waals surface area contributed by atoms with E-state index < -0.39 is 45.8 Å². The van der Waals surface area contributed by atoms with Gasteiger partial charge in [-0.2, -0.15) is 18.2 Å². The third-order valence-electron chi connectivity index (χ3n) is 3.17. The number of aromatic nitrogens is 2. The summed E-state index contributed by atoms with van der Waals surface area (Å²) >= 11 is 0. The Balaban J connectivity index is 2.47. The molecule has 150 valence electrons. The summed E-state index contributed by atoms with van der Waals surface area (Å²) in [5.41, 5.74) is 3.01. The predicted molar refractivity (Wildman–Crippen MR) is 90.2 cm³/mol. The van der Waals surface area contributed by atoms with Gasteiger partial charge in [0.15, 0.2) is 9.84 Å². The monoisotopic (exact) mass is 418 g/mol. The van der Waals surface area contributed by atoms with E-state index in [4.69, 9.17) is 15.4 Å². The number of aliphatic imine (C=N–C) groups is 1. The van der Waals surface area contributed by atoms with Crippen LogP contribution in [0.1, 0.15) is 5.89 Å². The van der Waals surface area contributed by atoms with E-state index in [-0.39, 0.29) is 16.3 Å². The summed E-state index contributed by atoms with van der Waals surface area (Å²) in [7, 11) is -3.52. The number of rotatable bonds is 6. The third-order valence-corrected chi connectivity index (χ3v) is 4.28. The average molecular weight is 418 g/mol. The molecule has 28 heavy (non-hydrogen) atoms. The molecule has 2 rings (SSSR count). The van der Waals surface area contributed by atoms with E-state index >= 15 is 0 Å². The molecule has 0 saturated heterocycles. The van der Waals surface area contributed by atoms with Gasteiger partial charge in [0.2, 0.25) is 5.82 Å². The molecule has 1 aromatic carbocycles. The lowest BCUT2D eigenvalue weighted by Gasteiger charge is -2.05. The molecule has 0 fully saturated rings. The first-order valence-electron chi connectivity index (χ1n) is 7.33. The zero-order valence-electron chi connectivity index (χ0n) is 14.1. The molecular formula is C15H13F3N4O5S. The molecule has 0 spiro atoms. The van der Waals surface area contributed by atoms with Crippen LogP contribution in [0.15, 0.2) is 50.4 Å². The Morgan fingerprint density at radius 2 is 2.07 bits per heavy atom. The molecule has 3 N–H and O–H groups in total. The first-order chi connectivity index (χ1) is 12.9. The van der Waals surface area contributed by atoms with Crippen molar-refractivity contribution in [3.05, 3.63) is 41.9 Å². The number of hydrogen-bond acceptors (Lipinski definition) is 8. The Morgan fingerprint density at radius 3 is 2.64 bits per heavy atom. The first-order valence-corrected chi connectivity index (χ1v) is 9.22. The second-order valence-electron chi connectivity index (χ2n) is 5.42. The van der Waals surface area contributed by atoms with Gasteiger partial charge in [-0.3, -0.25) is 9.79 Å². The molecule has 1 aromatic heterocycles. The van der Waals surface area contributed by atoms with Crippen molar-refractivity contribution < 1.29 is 36.0 Å². The number of carboxylic acid groups (broad SMARTS) is 1. The zero-order chi connectivity index (χ0) is 21.1. The number of nitrogens with two attached hydrogens (primary N) is 1. The zero-order valence-corrected chi connectivity index (χ0v) is 15.0. The molecule has 0 amide bonds. The Kier molecular flexibility index (Phi) is 5.87. The largest absolute Gasteiger partial charge is 0.480 e. The summed E-state index contributed by atoms with van der Waals surface area (Å²) in [6.45, 7) is -0.863. The Bertz CT molecular complexity index is 1060. The number of hydrogen-bond donors (Lipinski definition) is 2. The smallest absolute Gasteiger partial charge is 0.430 e. The van der Waals surface area contributed by atoms with Gasteiger partial charge in [-0.25, -0.2) is 8.42 Å². The molecule has 0 radical (unpaired) electrons. The van der Waals surface area contributed by atoms with E-state index in [1.54, 1.807) is 0 Å². The van der Waals surface area contributed by atoms with Gasteiger partial charge in [0.05, 0.1) is 4.90 Å². The van der Waals surface area contributed by atoms with Gasteiger partial charge in [0, 0.05) is 11.8 Å². The summed E-state index contributed by atoms with van der Waals surface area (Å²) in [4.78, 5) is 18.0. The molecule has 0 unspecified atom stereocenters. The fourth-order valence-corrected chi connectivity index (χ4v) is 2.53. The molecule has 1 heterocycles. The van der Waals surface area contributed by atoms with Crippen LogP contribution < -0.4 is 5.73 Å². The maximum Gasteiger partial charge on any atom is 0.430 e. The number of carbonyl (C=O) groups is 1. The molecule has 0 aliphatic rings. The number of carboxylic acids is 1. The number of halogens is 3. The third kappa shape index (κ3) is 5.39. The molecule has 0 atom stereocenters. The van der Waals surface area contributed by atoms with Crippen molar-refractivity contribution in [2.24, 2.45) is 10.7 Å². The summed E-state index contributed by atoms with van der Waals surface area (Å²) in [5.74, 6) is -2.06. The highest BCUT2D eigenvalue weighted by Gasteiger charge is 2.32. The van der Waals surface area contributed by atoms with Crippen molar-refractivity contribution in [2.45, 2.75) is 11.1 Å². The van der Waals surface area contributed by atoms with Crippen LogP contribution >= 0.6 is 0 Å². The number of benzene rings is 1. The number of nitrogens with zero attached hydrogens (tertiary/aromatic N) is 3. The summed E-state index contributed by atoms with van der Waals surface area (Å²) < 4.78 is 66.1. The molecule has 9 nitrogen and oxygen atoms in total. The second kappa shape index (κ2) is 7.80. The summed E-state index contributed by atoms with van der Waals surface area (Å²) in [5, 5.41) is 12.3. The van der Waals surface area contributed by atoms with Crippen LogP contribution in [-0.4, -0.2) is 54.3 Å². The maximum absolute atomic E-state index is 12.7. The van der Waals surface area contributed by atoms with Crippen LogP contribution in [0.5, 0.6) is 0 Å². The standard InChI is InChI=1S/C15H13F3N4O5S/c1-28(25,26)9-4-2-3-8(5-9)13-21-14(27-22-13)10(20-7-12(23)24)6-11(19)15(16,17)18/h2-6H,7,19H2,1H3,(H,23,24)/b11-6-,20-10?. The van der Waals surface area contributed by atoms with E-state index in [0.717, 1.165) is 6.26 Å².